The summed E-state index contributed by atoms with van der Waals surface area (Å²) >= 11 is 17.2. The van der Waals surface area contributed by atoms with E-state index in [1.54, 1.807) is 12.1 Å². The van der Waals surface area contributed by atoms with E-state index in [1.807, 2.05) is 33.9 Å². The maximum atomic E-state index is 13.8. The summed E-state index contributed by atoms with van der Waals surface area (Å²) in [5, 5.41) is 47.2. The van der Waals surface area contributed by atoms with Gasteiger partial charge in [-0.05, 0) is 113 Å². The van der Waals surface area contributed by atoms with Crippen LogP contribution in [-0.2, 0) is 10.1 Å². The molecule has 6 aromatic rings. The van der Waals surface area contributed by atoms with Crippen LogP contribution in [0.15, 0.2) is 96.2 Å². The molecule has 0 aliphatic carbocycles. The minimum atomic E-state index is -5.73. The number of phenolic OH excluding ortho intramolecular Hbond substituents is 2. The summed E-state index contributed by atoms with van der Waals surface area (Å²) < 4.78 is 147. The summed E-state index contributed by atoms with van der Waals surface area (Å²) in [6.45, 7) is 9.63. The van der Waals surface area contributed by atoms with E-state index in [9.17, 15) is 57.5 Å². The van der Waals surface area contributed by atoms with Crippen LogP contribution in [0.4, 0.5) is 39.5 Å². The number of phenols is 2. The molecule has 0 bridgehead atoms. The van der Waals surface area contributed by atoms with Crippen LogP contribution in [0.5, 0.6) is 23.0 Å². The Labute approximate surface area is 426 Å². The highest BCUT2D eigenvalue weighted by molar-refractivity contribution is 7.88. The standard InChI is InChI=1S/C13H8ClF2NO2.C13H7ClF2O2.C12H19BF2O3Si.C8H4ClF3O4S/c14-10-3-7(1-2-8(10)6-17-19)9-4-11(15)13(18)12(16)5-9;14-10-3-7(1-2-8(10)6-17)9-4-11(15)13(18)12(16)5-9;1-12(2,3)19(4,5)18-11-9(14)6-8(13(16)17)7-10(11)15;9-7-3-6(2-1-5(7)4-13)16-17(14,15)8(10,11)12/h1-6,18-19H;1-6,18H;6-7,16-17H,1-5H3;1-4H/b17-6+;;;. The van der Waals surface area contributed by atoms with E-state index < -0.39 is 89.0 Å². The Morgan fingerprint density at radius 1 is 0.603 bits per heavy atom. The van der Waals surface area contributed by atoms with E-state index in [4.69, 9.17) is 64.7 Å². The minimum Gasteiger partial charge on any atom is -0.540 e. The number of carbonyl (C=O) groups is 2. The smallest absolute Gasteiger partial charge is 0.534 e. The third kappa shape index (κ3) is 16.4. The van der Waals surface area contributed by atoms with Crippen molar-refractivity contribution in [2.45, 2.75) is 44.4 Å². The van der Waals surface area contributed by atoms with Crippen LogP contribution in [0.25, 0.3) is 22.3 Å². The quantitative estimate of drug-likeness (QED) is 0.0128. The normalized spacial score (nSPS) is 11.5. The maximum Gasteiger partial charge on any atom is 0.534 e. The van der Waals surface area contributed by atoms with E-state index in [-0.39, 0.29) is 42.3 Å². The predicted molar refractivity (Wildman–Crippen MR) is 258 cm³/mol. The van der Waals surface area contributed by atoms with Crippen LogP contribution in [0.2, 0.25) is 33.2 Å². The first-order valence-corrected chi connectivity index (χ1v) is 25.5. The number of benzene rings is 6. The van der Waals surface area contributed by atoms with Crippen LogP contribution in [0.1, 0.15) is 47.1 Å². The summed E-state index contributed by atoms with van der Waals surface area (Å²) in [5.41, 5.74) is -3.62. The molecule has 0 saturated carbocycles. The van der Waals surface area contributed by atoms with Gasteiger partial charge >= 0.3 is 22.7 Å². The fourth-order valence-electron chi connectivity index (χ4n) is 5.20. The Morgan fingerprint density at radius 3 is 1.32 bits per heavy atom. The third-order valence-electron chi connectivity index (χ3n) is 10.1. The number of aromatic hydroxyl groups is 2. The van der Waals surface area contributed by atoms with Crippen LogP contribution in [0.3, 0.4) is 0 Å². The highest BCUT2D eigenvalue weighted by Gasteiger charge is 2.48. The number of hydrogen-bond acceptors (Lipinski definition) is 12. The minimum absolute atomic E-state index is 0.00317. The maximum absolute atomic E-state index is 13.8. The molecule has 0 aromatic heterocycles. The van der Waals surface area contributed by atoms with Crippen molar-refractivity contribution in [2.75, 3.05) is 0 Å². The van der Waals surface area contributed by atoms with Gasteiger partial charge in [-0.2, -0.15) is 21.6 Å². The van der Waals surface area contributed by atoms with Gasteiger partial charge < -0.3 is 34.1 Å². The summed E-state index contributed by atoms with van der Waals surface area (Å²) in [6.07, 6.45) is 2.10. The Hall–Kier alpha value is -6.28. The zero-order valence-electron chi connectivity index (χ0n) is 38.0. The van der Waals surface area contributed by atoms with Crippen molar-refractivity contribution in [1.82, 2.24) is 0 Å². The van der Waals surface area contributed by atoms with Gasteiger partial charge in [-0.1, -0.05) is 78.9 Å². The Morgan fingerprint density at radius 2 is 0.986 bits per heavy atom. The molecule has 5 N–H and O–H groups in total. The molecule has 0 amide bonds. The fourth-order valence-corrected chi connectivity index (χ4v) is 7.34. The molecular weight excluding hydrogens is 1090 g/mol. The van der Waals surface area contributed by atoms with Crippen LogP contribution in [0, 0.1) is 34.9 Å². The second-order valence-electron chi connectivity index (χ2n) is 16.2. The van der Waals surface area contributed by atoms with Gasteiger partial charge in [0.05, 0.1) is 21.3 Å². The summed E-state index contributed by atoms with van der Waals surface area (Å²) in [4.78, 5) is 21.0. The Kier molecular flexibility index (Phi) is 21.0. The molecule has 0 radical (unpaired) electrons. The van der Waals surface area contributed by atoms with Crippen molar-refractivity contribution < 1.29 is 91.6 Å². The number of nitrogens with zero attached hydrogens (tertiary/aromatic N) is 1. The zero-order chi connectivity index (χ0) is 55.6. The molecule has 0 aliphatic heterocycles. The number of aldehydes is 2. The summed E-state index contributed by atoms with van der Waals surface area (Å²) in [7, 11) is -10.0. The molecule has 6 rings (SSSR count). The second-order valence-corrected chi connectivity index (χ2v) is 23.7. The number of alkyl halides is 3. The molecule has 0 spiro atoms. The van der Waals surface area contributed by atoms with Crippen molar-refractivity contribution >= 4 is 84.6 Å². The zero-order valence-corrected chi connectivity index (χ0v) is 42.1. The average Bonchev–Trinajstić information content (AvgIpc) is 3.28. The molecule has 6 aromatic carbocycles. The van der Waals surface area contributed by atoms with Gasteiger partial charge in [-0.15, -0.1) is 0 Å². The number of rotatable bonds is 10. The third-order valence-corrected chi connectivity index (χ3v) is 16.4. The number of oxime groups is 1. The van der Waals surface area contributed by atoms with E-state index >= 15 is 0 Å². The van der Waals surface area contributed by atoms with Gasteiger partial charge in [-0.25, -0.2) is 26.3 Å². The predicted octanol–water partition coefficient (Wildman–Crippen LogP) is 12.0. The first kappa shape index (κ1) is 61.0. The van der Waals surface area contributed by atoms with Gasteiger partial charge in [0.15, 0.2) is 64.7 Å². The van der Waals surface area contributed by atoms with Gasteiger partial charge in [0, 0.05) is 22.8 Å². The molecule has 0 aliphatic rings. The Balaban J connectivity index is 0.000000257. The Bertz CT molecular complexity index is 3060. The summed E-state index contributed by atoms with van der Waals surface area (Å²) in [6, 6.07) is 17.4. The lowest BCUT2D eigenvalue weighted by molar-refractivity contribution is -0.0500. The van der Waals surface area contributed by atoms with Crippen LogP contribution >= 0.6 is 34.8 Å². The van der Waals surface area contributed by atoms with Gasteiger partial charge in [0.1, 0.15) is 5.75 Å². The van der Waals surface area contributed by atoms with E-state index in [0.29, 0.717) is 34.8 Å². The molecule has 73 heavy (non-hydrogen) atoms. The molecule has 12 nitrogen and oxygen atoms in total. The summed E-state index contributed by atoms with van der Waals surface area (Å²) in [5.74, 6) is -9.16. The molecule has 0 fully saturated rings. The number of halogens is 12. The average molecular weight is 1130 g/mol. The first-order chi connectivity index (χ1) is 33.7. The van der Waals surface area contributed by atoms with Gasteiger partial charge in [0.2, 0.25) is 0 Å². The molecule has 0 unspecified atom stereocenters. The van der Waals surface area contributed by atoms with Gasteiger partial charge in [0.25, 0.3) is 8.32 Å². The molecule has 0 atom stereocenters. The van der Waals surface area contributed by atoms with Crippen molar-refractivity contribution in [3.8, 4) is 45.3 Å². The molecule has 27 heteroatoms. The van der Waals surface area contributed by atoms with Crippen LogP contribution in [-0.4, -0.2) is 73.6 Å². The monoisotopic (exact) mass is 1130 g/mol. The van der Waals surface area contributed by atoms with E-state index in [2.05, 4.69) is 9.34 Å². The topological polar surface area (TPSA) is 200 Å². The largest absolute Gasteiger partial charge is 0.540 e. The van der Waals surface area contributed by atoms with Gasteiger partial charge in [-0.3, -0.25) is 9.59 Å². The highest BCUT2D eigenvalue weighted by Crippen LogP contribution is 2.39. The highest BCUT2D eigenvalue weighted by atomic mass is 35.5. The first-order valence-electron chi connectivity index (χ1n) is 20.1. The molecule has 0 saturated heterocycles. The van der Waals surface area contributed by atoms with E-state index in [1.165, 1.54) is 24.3 Å². The second kappa shape index (κ2) is 25.1. The fraction of sp³-hybridized carbons (Fsp3) is 0.152. The number of hydrogen-bond donors (Lipinski definition) is 5. The molecular formula is C46H38BCl3F9NO11SSi. The number of carbonyl (C=O) groups excluding carboxylic acids is 2. The molecule has 0 heterocycles. The lowest BCUT2D eigenvalue weighted by atomic mass is 9.80. The SMILES string of the molecule is CC(C)(C)[Si](C)(C)Oc1c(F)cc(B(O)O)cc1F.O/N=C/c1ccc(-c2cc(F)c(O)c(F)c2)cc1Cl.O=Cc1ccc(-c2cc(F)c(O)c(F)c2)cc1Cl.O=Cc1ccc(OS(=O)(=O)C(F)(F)F)cc1Cl. The van der Waals surface area contributed by atoms with Crippen molar-refractivity contribution in [3.63, 3.8) is 0 Å². The van der Waals surface area contributed by atoms with Crippen molar-refractivity contribution in [3.05, 3.63) is 158 Å². The van der Waals surface area contributed by atoms with Crippen LogP contribution < -0.4 is 14.1 Å². The van der Waals surface area contributed by atoms with Crippen molar-refractivity contribution in [2.24, 2.45) is 5.16 Å². The van der Waals surface area contributed by atoms with E-state index in [0.717, 1.165) is 60.8 Å². The lowest BCUT2D eigenvalue weighted by Crippen LogP contribution is -2.44. The molecule has 390 valence electrons. The lowest BCUT2D eigenvalue weighted by Gasteiger charge is -2.36. The van der Waals surface area contributed by atoms with Crippen molar-refractivity contribution in [1.29, 1.82) is 0 Å².